The van der Waals surface area contributed by atoms with Crippen molar-refractivity contribution in [3.05, 3.63) is 117 Å². The topological polar surface area (TPSA) is 52.0 Å². The van der Waals surface area contributed by atoms with Crippen LogP contribution in [0, 0.1) is 0 Å². The second kappa shape index (κ2) is 15.3. The van der Waals surface area contributed by atoms with Crippen LogP contribution in [0.25, 0.3) is 44.5 Å². The Bertz CT molecular complexity index is 2440. The zero-order chi connectivity index (χ0) is 48.9. The lowest BCUT2D eigenvalue weighted by Gasteiger charge is -2.26. The molecule has 0 aliphatic heterocycles. The summed E-state index contributed by atoms with van der Waals surface area (Å²) in [4.78, 5) is 0. The summed E-state index contributed by atoms with van der Waals surface area (Å²) in [5.41, 5.74) is -29.9. The SMILES string of the molecule is Nc1ccc(C(F)(F)F)c(-c2cc(-c3cc(-c4cc(-c5cc(N)ccc5C(F)(F)F)c(C(F)(F)F)cc4C(F)(F)F)c(C(F)(F)F)cc3C(F)(F)F)c(C(F)(F)F)cc2C(F)(F)F)c1. The van der Waals surface area contributed by atoms with E-state index >= 15 is 0 Å². The molecule has 0 aromatic heterocycles. The Morgan fingerprint density at radius 2 is 0.359 bits per heavy atom. The van der Waals surface area contributed by atoms with Gasteiger partial charge < -0.3 is 11.5 Å². The molecule has 0 unspecified atom stereocenters. The van der Waals surface area contributed by atoms with E-state index in [0.29, 0.717) is 12.1 Å². The molecule has 0 radical (unpaired) electrons. The van der Waals surface area contributed by atoms with Gasteiger partial charge in [0.25, 0.3) is 0 Å². The summed E-state index contributed by atoms with van der Waals surface area (Å²) in [6.45, 7) is 0. The average Bonchev–Trinajstić information content (AvgIpc) is 3.09. The lowest BCUT2D eigenvalue weighted by atomic mass is 9.82. The standard InChI is InChI=1S/C38H16F24N2/c39-31(40,41)23-3-1-13(63)5-15(23)17-7-19(27(35(51,52)53)10-25(17)33(45,46)47)21-9-22(30(38(60,61)62)12-29(21)37(57,58)59)20-8-18(16-6-14(64)2-4-24(16)32(42,43)44)26(34(48,49)50)11-28(20)36(54,55)56/h1-12H,63-64H2. The van der Waals surface area contributed by atoms with Crippen molar-refractivity contribution in [2.45, 2.75) is 49.4 Å². The Hall–Kier alpha value is -5.98. The highest BCUT2D eigenvalue weighted by atomic mass is 19.4. The molecule has 0 spiro atoms. The Kier molecular flexibility index (Phi) is 11.8. The van der Waals surface area contributed by atoms with E-state index in [1.54, 1.807) is 0 Å². The van der Waals surface area contributed by atoms with Gasteiger partial charge in [-0.15, -0.1) is 0 Å². The van der Waals surface area contributed by atoms with E-state index in [-0.39, 0.29) is 24.3 Å². The Balaban J connectivity index is 2.14. The van der Waals surface area contributed by atoms with Crippen molar-refractivity contribution in [2.75, 3.05) is 11.5 Å². The highest BCUT2D eigenvalue weighted by molar-refractivity contribution is 5.89. The maximum Gasteiger partial charge on any atom is 0.417 e. The molecule has 64 heavy (non-hydrogen) atoms. The first kappa shape index (κ1) is 49.0. The Morgan fingerprint density at radius 3 is 0.516 bits per heavy atom. The maximum absolute atomic E-state index is 14.7. The molecule has 0 fully saturated rings. The monoisotopic (exact) mass is 956 g/mol. The molecule has 0 heterocycles. The number of anilines is 2. The molecule has 0 aliphatic carbocycles. The molecule has 0 bridgehead atoms. The molecule has 0 saturated heterocycles. The van der Waals surface area contributed by atoms with Crippen molar-refractivity contribution in [3.63, 3.8) is 0 Å². The van der Waals surface area contributed by atoms with E-state index in [0.717, 1.165) is 0 Å². The van der Waals surface area contributed by atoms with Crippen LogP contribution in [0.15, 0.2) is 72.8 Å². The third kappa shape index (κ3) is 9.73. The molecule has 0 atom stereocenters. The minimum atomic E-state index is -6.42. The number of nitrogens with two attached hydrogens (primary N) is 2. The van der Waals surface area contributed by atoms with Crippen LogP contribution >= 0.6 is 0 Å². The summed E-state index contributed by atoms with van der Waals surface area (Å²) in [5.74, 6) is 0. The summed E-state index contributed by atoms with van der Waals surface area (Å²) in [6.07, 6.45) is -49.4. The maximum atomic E-state index is 14.7. The van der Waals surface area contributed by atoms with Crippen molar-refractivity contribution in [1.29, 1.82) is 0 Å². The van der Waals surface area contributed by atoms with Gasteiger partial charge in [-0.1, -0.05) is 0 Å². The van der Waals surface area contributed by atoms with Crippen LogP contribution in [0.4, 0.5) is 117 Å². The zero-order valence-corrected chi connectivity index (χ0v) is 30.2. The fourth-order valence-electron chi connectivity index (χ4n) is 6.61. The summed E-state index contributed by atoms with van der Waals surface area (Å²) in [5, 5.41) is 0. The molecule has 5 rings (SSSR count). The lowest BCUT2D eigenvalue weighted by molar-refractivity contribution is -0.145. The molecule has 5 aromatic carbocycles. The van der Waals surface area contributed by atoms with Crippen molar-refractivity contribution in [3.8, 4) is 44.5 Å². The van der Waals surface area contributed by atoms with E-state index < -0.39 is 186 Å². The minimum Gasteiger partial charge on any atom is -0.399 e. The molecule has 2 nitrogen and oxygen atoms in total. The first-order chi connectivity index (χ1) is 28.6. The smallest absolute Gasteiger partial charge is 0.399 e. The van der Waals surface area contributed by atoms with E-state index in [4.69, 9.17) is 11.5 Å². The molecule has 0 aliphatic rings. The molecule has 0 amide bonds. The second-order valence-corrected chi connectivity index (χ2v) is 13.4. The van der Waals surface area contributed by atoms with Gasteiger partial charge in [-0.25, -0.2) is 0 Å². The van der Waals surface area contributed by atoms with Gasteiger partial charge in [0.05, 0.1) is 44.5 Å². The molecule has 5 aromatic rings. The van der Waals surface area contributed by atoms with Gasteiger partial charge in [-0.2, -0.15) is 105 Å². The second-order valence-electron chi connectivity index (χ2n) is 13.4. The number of nitrogen functional groups attached to an aromatic ring is 2. The van der Waals surface area contributed by atoms with Gasteiger partial charge in [0.15, 0.2) is 0 Å². The van der Waals surface area contributed by atoms with Crippen molar-refractivity contribution >= 4 is 11.4 Å². The van der Waals surface area contributed by atoms with E-state index in [9.17, 15) is 105 Å². The Morgan fingerprint density at radius 1 is 0.203 bits per heavy atom. The van der Waals surface area contributed by atoms with Crippen molar-refractivity contribution in [1.82, 2.24) is 0 Å². The molecular weight excluding hydrogens is 940 g/mol. The number of benzene rings is 5. The quantitative estimate of drug-likeness (QED) is 0.139. The Labute approximate surface area is 339 Å². The average molecular weight is 957 g/mol. The lowest BCUT2D eigenvalue weighted by Crippen LogP contribution is -2.19. The largest absolute Gasteiger partial charge is 0.417 e. The molecule has 0 saturated carbocycles. The van der Waals surface area contributed by atoms with Gasteiger partial charge in [0.1, 0.15) is 0 Å². The first-order valence-corrected chi connectivity index (χ1v) is 16.6. The van der Waals surface area contributed by atoms with Crippen molar-refractivity contribution in [2.24, 2.45) is 0 Å². The van der Waals surface area contributed by atoms with Crippen LogP contribution in [-0.2, 0) is 49.4 Å². The van der Waals surface area contributed by atoms with Crippen molar-refractivity contribution < 1.29 is 105 Å². The first-order valence-electron chi connectivity index (χ1n) is 16.6. The number of halogens is 24. The van der Waals surface area contributed by atoms with Crippen LogP contribution in [-0.4, -0.2) is 0 Å². The van der Waals surface area contributed by atoms with Crippen LogP contribution < -0.4 is 11.5 Å². The van der Waals surface area contributed by atoms with E-state index in [1.165, 1.54) is 0 Å². The number of hydrogen-bond acceptors (Lipinski definition) is 2. The number of hydrogen-bond donors (Lipinski definition) is 2. The molecule has 4 N–H and O–H groups in total. The van der Waals surface area contributed by atoms with Gasteiger partial charge in [-0.3, -0.25) is 0 Å². The van der Waals surface area contributed by atoms with Crippen LogP contribution in [0.5, 0.6) is 0 Å². The number of rotatable bonds is 4. The van der Waals surface area contributed by atoms with Crippen LogP contribution in [0.3, 0.4) is 0 Å². The van der Waals surface area contributed by atoms with Gasteiger partial charge >= 0.3 is 49.4 Å². The van der Waals surface area contributed by atoms with Gasteiger partial charge in [-0.05, 0) is 117 Å². The fraction of sp³-hybridized carbons (Fsp3) is 0.211. The normalized spacial score (nSPS) is 13.8. The predicted octanol–water partition coefficient (Wildman–Crippen LogP) is 15.7. The third-order valence-corrected chi connectivity index (χ3v) is 9.16. The van der Waals surface area contributed by atoms with Gasteiger partial charge in [0, 0.05) is 11.4 Å². The predicted molar refractivity (Wildman–Crippen MR) is 177 cm³/mol. The zero-order valence-electron chi connectivity index (χ0n) is 30.2. The highest BCUT2D eigenvalue weighted by Crippen LogP contribution is 2.55. The minimum absolute atomic E-state index is 0.0229. The molecule has 26 heteroatoms. The highest BCUT2D eigenvalue weighted by Gasteiger charge is 2.48. The van der Waals surface area contributed by atoms with E-state index in [1.807, 2.05) is 0 Å². The summed E-state index contributed by atoms with van der Waals surface area (Å²) in [6, 6.07) is -4.63. The van der Waals surface area contributed by atoms with E-state index in [2.05, 4.69) is 0 Å². The molecular formula is C38H16F24N2. The third-order valence-electron chi connectivity index (χ3n) is 9.16. The van der Waals surface area contributed by atoms with Crippen LogP contribution in [0.2, 0.25) is 0 Å². The summed E-state index contributed by atoms with van der Waals surface area (Å²) < 4.78 is 348. The molecule has 346 valence electrons. The summed E-state index contributed by atoms with van der Waals surface area (Å²) >= 11 is 0. The van der Waals surface area contributed by atoms with Gasteiger partial charge in [0.2, 0.25) is 0 Å². The van der Waals surface area contributed by atoms with Crippen LogP contribution in [0.1, 0.15) is 44.5 Å². The number of alkyl halides is 24. The summed E-state index contributed by atoms with van der Waals surface area (Å²) in [7, 11) is 0. The fourth-order valence-corrected chi connectivity index (χ4v) is 6.61.